The van der Waals surface area contributed by atoms with Crippen LogP contribution in [0, 0.1) is 11.3 Å². The third-order valence-corrected chi connectivity index (χ3v) is 3.08. The monoisotopic (exact) mass is 256 g/mol. The normalized spacial score (nSPS) is 11.6. The first-order valence-corrected chi connectivity index (χ1v) is 6.09. The maximum absolute atomic E-state index is 8.78. The van der Waals surface area contributed by atoms with Crippen molar-refractivity contribution in [3.8, 4) is 6.07 Å². The average Bonchev–Trinajstić information content (AvgIpc) is 2.42. The summed E-state index contributed by atoms with van der Waals surface area (Å²) in [6.07, 6.45) is 0. The van der Waals surface area contributed by atoms with Crippen molar-refractivity contribution in [1.29, 1.82) is 5.26 Å². The summed E-state index contributed by atoms with van der Waals surface area (Å²) in [6.45, 7) is 2.07. The Morgan fingerprint density at radius 1 is 1.17 bits per heavy atom. The molecule has 0 saturated carbocycles. The van der Waals surface area contributed by atoms with Gasteiger partial charge in [-0.15, -0.1) is 0 Å². The van der Waals surface area contributed by atoms with Gasteiger partial charge in [-0.3, -0.25) is 0 Å². The molecule has 2 aromatic rings. The van der Waals surface area contributed by atoms with E-state index in [0.29, 0.717) is 10.6 Å². The Morgan fingerprint density at radius 3 is 2.50 bits per heavy atom. The van der Waals surface area contributed by atoms with Gasteiger partial charge >= 0.3 is 0 Å². The van der Waals surface area contributed by atoms with Crippen LogP contribution < -0.4 is 5.32 Å². The lowest BCUT2D eigenvalue weighted by Crippen LogP contribution is -2.06. The van der Waals surface area contributed by atoms with E-state index < -0.39 is 0 Å². The van der Waals surface area contributed by atoms with Gasteiger partial charge in [0.1, 0.15) is 0 Å². The summed E-state index contributed by atoms with van der Waals surface area (Å²) in [7, 11) is 0. The van der Waals surface area contributed by atoms with Gasteiger partial charge in [0.15, 0.2) is 0 Å². The highest BCUT2D eigenvalue weighted by Gasteiger charge is 2.07. The molecule has 2 aromatic carbocycles. The van der Waals surface area contributed by atoms with E-state index in [1.807, 2.05) is 24.3 Å². The number of rotatable bonds is 3. The highest BCUT2D eigenvalue weighted by atomic mass is 35.5. The minimum absolute atomic E-state index is 0.164. The zero-order chi connectivity index (χ0) is 13.0. The van der Waals surface area contributed by atoms with Crippen LogP contribution in [0.4, 0.5) is 5.69 Å². The van der Waals surface area contributed by atoms with Crippen LogP contribution in [0.5, 0.6) is 0 Å². The van der Waals surface area contributed by atoms with Gasteiger partial charge in [-0.25, -0.2) is 0 Å². The van der Waals surface area contributed by atoms with Gasteiger partial charge in [0.25, 0.3) is 0 Å². The van der Waals surface area contributed by atoms with Crippen molar-refractivity contribution < 1.29 is 0 Å². The van der Waals surface area contributed by atoms with E-state index in [0.717, 1.165) is 5.69 Å². The SMILES string of the molecule is CC(Nc1ccc(C#N)cc1Cl)c1ccccc1. The lowest BCUT2D eigenvalue weighted by Gasteiger charge is -2.16. The number of nitriles is 1. The van der Waals surface area contributed by atoms with Gasteiger partial charge < -0.3 is 5.32 Å². The Labute approximate surface area is 112 Å². The molecule has 90 valence electrons. The van der Waals surface area contributed by atoms with E-state index in [-0.39, 0.29) is 6.04 Å². The molecule has 1 unspecified atom stereocenters. The summed E-state index contributed by atoms with van der Waals surface area (Å²) in [6, 6.07) is 17.6. The molecule has 0 aliphatic rings. The van der Waals surface area contributed by atoms with Gasteiger partial charge in [-0.05, 0) is 30.7 Å². The second-order valence-electron chi connectivity index (χ2n) is 4.08. The summed E-state index contributed by atoms with van der Waals surface area (Å²) in [4.78, 5) is 0. The number of benzene rings is 2. The fourth-order valence-corrected chi connectivity index (χ4v) is 2.00. The van der Waals surface area contributed by atoms with Crippen LogP contribution in [-0.2, 0) is 0 Å². The fourth-order valence-electron chi connectivity index (χ4n) is 1.76. The largest absolute Gasteiger partial charge is 0.377 e. The highest BCUT2D eigenvalue weighted by Crippen LogP contribution is 2.26. The van der Waals surface area contributed by atoms with Crippen LogP contribution in [-0.4, -0.2) is 0 Å². The van der Waals surface area contributed by atoms with Crippen LogP contribution in [0.2, 0.25) is 5.02 Å². The number of hydrogen-bond donors (Lipinski definition) is 1. The van der Waals surface area contributed by atoms with Crippen LogP contribution >= 0.6 is 11.6 Å². The molecule has 0 bridgehead atoms. The summed E-state index contributed by atoms with van der Waals surface area (Å²) in [5.74, 6) is 0. The molecule has 0 radical (unpaired) electrons. The molecule has 0 aliphatic carbocycles. The predicted octanol–water partition coefficient (Wildman–Crippen LogP) is 4.38. The Balaban J connectivity index is 2.18. The smallest absolute Gasteiger partial charge is 0.0992 e. The van der Waals surface area contributed by atoms with Crippen molar-refractivity contribution in [3.05, 3.63) is 64.7 Å². The molecule has 0 aromatic heterocycles. The van der Waals surface area contributed by atoms with Crippen molar-refractivity contribution in [2.24, 2.45) is 0 Å². The van der Waals surface area contributed by atoms with Crippen molar-refractivity contribution in [2.75, 3.05) is 5.32 Å². The van der Waals surface area contributed by atoms with Crippen LogP contribution in [0.1, 0.15) is 24.1 Å². The molecule has 2 nitrogen and oxygen atoms in total. The summed E-state index contributed by atoms with van der Waals surface area (Å²) in [5, 5.41) is 12.7. The van der Waals surface area contributed by atoms with Gasteiger partial charge in [0.2, 0.25) is 0 Å². The number of anilines is 1. The van der Waals surface area contributed by atoms with Crippen LogP contribution in [0.25, 0.3) is 0 Å². The average molecular weight is 257 g/mol. The molecule has 3 heteroatoms. The highest BCUT2D eigenvalue weighted by molar-refractivity contribution is 6.33. The summed E-state index contributed by atoms with van der Waals surface area (Å²) in [5.41, 5.74) is 2.60. The zero-order valence-corrected chi connectivity index (χ0v) is 10.8. The van der Waals surface area contributed by atoms with E-state index in [4.69, 9.17) is 16.9 Å². The molecule has 1 N–H and O–H groups in total. The Hall–Kier alpha value is -1.98. The van der Waals surface area contributed by atoms with Crippen molar-refractivity contribution in [2.45, 2.75) is 13.0 Å². The quantitative estimate of drug-likeness (QED) is 0.884. The minimum atomic E-state index is 0.164. The van der Waals surface area contributed by atoms with Gasteiger partial charge in [0, 0.05) is 6.04 Å². The van der Waals surface area contributed by atoms with E-state index in [2.05, 4.69) is 30.4 Å². The first-order valence-electron chi connectivity index (χ1n) is 5.72. The molecule has 1 atom stereocenters. The predicted molar refractivity (Wildman–Crippen MR) is 74.6 cm³/mol. The summed E-state index contributed by atoms with van der Waals surface area (Å²) < 4.78 is 0. The van der Waals surface area contributed by atoms with E-state index in [1.165, 1.54) is 5.56 Å². The molecule has 0 spiro atoms. The second-order valence-corrected chi connectivity index (χ2v) is 4.49. The number of hydrogen-bond acceptors (Lipinski definition) is 2. The molecule has 0 saturated heterocycles. The molecule has 0 aliphatic heterocycles. The van der Waals surface area contributed by atoms with Crippen molar-refractivity contribution in [3.63, 3.8) is 0 Å². The van der Waals surface area contributed by atoms with E-state index in [9.17, 15) is 0 Å². The van der Waals surface area contributed by atoms with E-state index >= 15 is 0 Å². The molecule has 0 amide bonds. The Kier molecular flexibility index (Phi) is 3.86. The molecule has 18 heavy (non-hydrogen) atoms. The lowest BCUT2D eigenvalue weighted by molar-refractivity contribution is 0.885. The number of nitrogens with zero attached hydrogens (tertiary/aromatic N) is 1. The third-order valence-electron chi connectivity index (χ3n) is 2.77. The lowest BCUT2D eigenvalue weighted by atomic mass is 10.1. The van der Waals surface area contributed by atoms with Gasteiger partial charge in [-0.1, -0.05) is 41.9 Å². The molecule has 2 rings (SSSR count). The van der Waals surface area contributed by atoms with Crippen LogP contribution in [0.15, 0.2) is 48.5 Å². The van der Waals surface area contributed by atoms with Gasteiger partial charge in [-0.2, -0.15) is 5.26 Å². The first-order chi connectivity index (χ1) is 8.70. The first kappa shape index (κ1) is 12.5. The Bertz CT molecular complexity index is 573. The molecular weight excluding hydrogens is 244 g/mol. The maximum atomic E-state index is 8.78. The minimum Gasteiger partial charge on any atom is -0.377 e. The molecule has 0 heterocycles. The third kappa shape index (κ3) is 2.82. The second kappa shape index (κ2) is 5.57. The summed E-state index contributed by atoms with van der Waals surface area (Å²) >= 11 is 6.13. The molecular formula is C15H13ClN2. The fraction of sp³-hybridized carbons (Fsp3) is 0.133. The number of halogens is 1. The van der Waals surface area contributed by atoms with E-state index in [1.54, 1.807) is 12.1 Å². The van der Waals surface area contributed by atoms with Crippen molar-refractivity contribution >= 4 is 17.3 Å². The molecule has 0 fully saturated rings. The van der Waals surface area contributed by atoms with Crippen LogP contribution in [0.3, 0.4) is 0 Å². The maximum Gasteiger partial charge on any atom is 0.0992 e. The van der Waals surface area contributed by atoms with Crippen molar-refractivity contribution in [1.82, 2.24) is 0 Å². The number of nitrogens with one attached hydrogen (secondary N) is 1. The standard InChI is InChI=1S/C15H13ClN2/c1-11(13-5-3-2-4-6-13)18-15-8-7-12(10-17)9-14(15)16/h2-9,11,18H,1H3. The topological polar surface area (TPSA) is 35.8 Å². The van der Waals surface area contributed by atoms with Gasteiger partial charge in [0.05, 0.1) is 22.3 Å². The zero-order valence-electron chi connectivity index (χ0n) is 10.0. The Morgan fingerprint density at radius 2 is 1.89 bits per heavy atom.